The lowest BCUT2D eigenvalue weighted by Gasteiger charge is -2.13. The third-order valence-electron chi connectivity index (χ3n) is 1.10. The standard InChI is InChI=1S/C4H9FOSi/c5-4-2-1-3-6-7-4/h4H,1-3,7H2. The molecule has 0 spiro atoms. The second kappa shape index (κ2) is 2.42. The first-order valence-electron chi connectivity index (χ1n) is 2.61. The normalized spacial score (nSPS) is 36.4. The predicted octanol–water partition coefficient (Wildman–Crippen LogP) is 0.176. The summed E-state index contributed by atoms with van der Waals surface area (Å²) in [6.45, 7) is 0.812. The number of rotatable bonds is 0. The SMILES string of the molecule is FC1CCCO[SiH2]1. The first-order valence-corrected chi connectivity index (χ1v) is 4.01. The summed E-state index contributed by atoms with van der Waals surface area (Å²) in [6, 6.07) is 0. The van der Waals surface area contributed by atoms with Gasteiger partial charge in [0.05, 0.1) is 0 Å². The van der Waals surface area contributed by atoms with Gasteiger partial charge in [-0.1, -0.05) is 0 Å². The molecule has 1 aliphatic rings. The minimum absolute atomic E-state index is 0.547. The van der Waals surface area contributed by atoms with E-state index in [1.807, 2.05) is 0 Å². The molecule has 1 rings (SSSR count). The third-order valence-corrected chi connectivity index (χ3v) is 2.40. The molecule has 0 aromatic heterocycles. The first kappa shape index (κ1) is 5.25. The lowest BCUT2D eigenvalue weighted by atomic mass is 10.3. The Kier molecular flexibility index (Phi) is 1.82. The minimum atomic E-state index is -0.734. The van der Waals surface area contributed by atoms with E-state index in [1.165, 1.54) is 0 Å². The molecule has 1 atom stereocenters. The number of hydrogen-bond donors (Lipinski definition) is 0. The van der Waals surface area contributed by atoms with Crippen molar-refractivity contribution >= 4 is 9.76 Å². The number of halogens is 1. The van der Waals surface area contributed by atoms with Crippen LogP contribution >= 0.6 is 0 Å². The highest BCUT2D eigenvalue weighted by atomic mass is 28.2. The molecular formula is C4H9FOSi. The maximum atomic E-state index is 12.1. The molecule has 0 aromatic carbocycles. The van der Waals surface area contributed by atoms with Gasteiger partial charge in [0.2, 0.25) is 0 Å². The Labute approximate surface area is 44.8 Å². The Morgan fingerprint density at radius 1 is 1.71 bits per heavy atom. The van der Waals surface area contributed by atoms with Gasteiger partial charge in [-0.15, -0.1) is 0 Å². The molecule has 42 valence electrons. The molecule has 0 bridgehead atoms. The van der Waals surface area contributed by atoms with E-state index >= 15 is 0 Å². The quantitative estimate of drug-likeness (QED) is 0.414. The van der Waals surface area contributed by atoms with Crippen LogP contribution in [-0.4, -0.2) is 22.2 Å². The van der Waals surface area contributed by atoms with Crippen molar-refractivity contribution in [3.05, 3.63) is 0 Å². The minimum Gasteiger partial charge on any atom is -0.421 e. The number of alkyl halides is 1. The Balaban J connectivity index is 2.12. The van der Waals surface area contributed by atoms with Gasteiger partial charge in [0, 0.05) is 6.61 Å². The average molecular weight is 120 g/mol. The zero-order chi connectivity index (χ0) is 5.11. The monoisotopic (exact) mass is 120 g/mol. The van der Waals surface area contributed by atoms with Crippen LogP contribution < -0.4 is 0 Å². The largest absolute Gasteiger partial charge is 0.421 e. The summed E-state index contributed by atoms with van der Waals surface area (Å²) in [5.41, 5.74) is 0. The smallest absolute Gasteiger partial charge is 0.197 e. The molecule has 1 saturated heterocycles. The molecule has 0 aliphatic carbocycles. The van der Waals surface area contributed by atoms with Gasteiger partial charge in [0.15, 0.2) is 9.76 Å². The summed E-state index contributed by atoms with van der Waals surface area (Å²) in [6.07, 6.45) is 1.68. The van der Waals surface area contributed by atoms with E-state index in [9.17, 15) is 4.39 Å². The van der Waals surface area contributed by atoms with Crippen LogP contribution in [0.5, 0.6) is 0 Å². The van der Waals surface area contributed by atoms with Gasteiger partial charge >= 0.3 is 0 Å². The van der Waals surface area contributed by atoms with Gasteiger partial charge in [-0.2, -0.15) is 0 Å². The Morgan fingerprint density at radius 3 is 2.86 bits per heavy atom. The molecule has 3 heteroatoms. The summed E-state index contributed by atoms with van der Waals surface area (Å²) >= 11 is 0. The van der Waals surface area contributed by atoms with Gasteiger partial charge in [-0.25, -0.2) is 4.39 Å². The summed E-state index contributed by atoms with van der Waals surface area (Å²) in [4.78, 5) is 0. The van der Waals surface area contributed by atoms with Gasteiger partial charge in [-0.3, -0.25) is 0 Å². The fourth-order valence-corrected chi connectivity index (χ4v) is 1.78. The highest BCUT2D eigenvalue weighted by Gasteiger charge is 2.11. The van der Waals surface area contributed by atoms with Crippen LogP contribution in [-0.2, 0) is 4.43 Å². The Bertz CT molecular complexity index is 53.7. The molecule has 1 unspecified atom stereocenters. The molecule has 0 aromatic rings. The summed E-state index contributed by atoms with van der Waals surface area (Å²) < 4.78 is 17.1. The van der Waals surface area contributed by atoms with E-state index < -0.39 is 15.6 Å². The molecular weight excluding hydrogens is 111 g/mol. The molecule has 0 saturated carbocycles. The summed E-state index contributed by atoms with van der Waals surface area (Å²) in [5, 5.41) is 0. The van der Waals surface area contributed by atoms with Crippen LogP contribution in [0, 0.1) is 0 Å². The Morgan fingerprint density at radius 2 is 2.57 bits per heavy atom. The van der Waals surface area contributed by atoms with E-state index in [0.29, 0.717) is 0 Å². The van der Waals surface area contributed by atoms with E-state index in [1.54, 1.807) is 0 Å². The van der Waals surface area contributed by atoms with Crippen molar-refractivity contribution in [1.29, 1.82) is 0 Å². The fourth-order valence-electron chi connectivity index (χ4n) is 0.701. The second-order valence-corrected chi connectivity index (χ2v) is 3.44. The van der Waals surface area contributed by atoms with Gasteiger partial charge in [0.1, 0.15) is 5.79 Å². The predicted molar refractivity (Wildman–Crippen MR) is 28.6 cm³/mol. The van der Waals surface area contributed by atoms with Crippen LogP contribution in [0.2, 0.25) is 0 Å². The van der Waals surface area contributed by atoms with Crippen molar-refractivity contribution in [2.75, 3.05) is 6.61 Å². The van der Waals surface area contributed by atoms with Crippen molar-refractivity contribution in [2.45, 2.75) is 18.6 Å². The van der Waals surface area contributed by atoms with E-state index in [0.717, 1.165) is 19.4 Å². The summed E-state index contributed by atoms with van der Waals surface area (Å²) in [7, 11) is -0.734. The van der Waals surface area contributed by atoms with Crippen molar-refractivity contribution in [3.63, 3.8) is 0 Å². The molecule has 1 aliphatic heterocycles. The molecule has 0 N–H and O–H groups in total. The Hall–Kier alpha value is 0.107. The maximum absolute atomic E-state index is 12.1. The van der Waals surface area contributed by atoms with E-state index in [2.05, 4.69) is 0 Å². The molecule has 0 amide bonds. The molecule has 0 radical (unpaired) electrons. The maximum Gasteiger partial charge on any atom is 0.197 e. The van der Waals surface area contributed by atoms with Crippen LogP contribution in [0.25, 0.3) is 0 Å². The lowest BCUT2D eigenvalue weighted by molar-refractivity contribution is 0.238. The van der Waals surface area contributed by atoms with Crippen LogP contribution in [0.15, 0.2) is 0 Å². The van der Waals surface area contributed by atoms with Crippen molar-refractivity contribution in [2.24, 2.45) is 0 Å². The molecule has 1 nitrogen and oxygen atoms in total. The highest BCUT2D eigenvalue weighted by molar-refractivity contribution is 6.29. The van der Waals surface area contributed by atoms with Crippen LogP contribution in [0.4, 0.5) is 4.39 Å². The molecule has 1 heterocycles. The fraction of sp³-hybridized carbons (Fsp3) is 1.00. The second-order valence-electron chi connectivity index (χ2n) is 1.81. The number of hydrogen-bond acceptors (Lipinski definition) is 1. The molecule has 7 heavy (non-hydrogen) atoms. The zero-order valence-electron chi connectivity index (χ0n) is 4.19. The van der Waals surface area contributed by atoms with Crippen LogP contribution in [0.3, 0.4) is 0 Å². The van der Waals surface area contributed by atoms with Crippen molar-refractivity contribution in [1.82, 2.24) is 0 Å². The van der Waals surface area contributed by atoms with Crippen molar-refractivity contribution < 1.29 is 8.82 Å². The van der Waals surface area contributed by atoms with Gasteiger partial charge in [0.25, 0.3) is 0 Å². The van der Waals surface area contributed by atoms with Gasteiger partial charge < -0.3 is 4.43 Å². The van der Waals surface area contributed by atoms with Crippen LogP contribution in [0.1, 0.15) is 12.8 Å². The molecule has 1 fully saturated rings. The van der Waals surface area contributed by atoms with Gasteiger partial charge in [-0.05, 0) is 12.8 Å². The lowest BCUT2D eigenvalue weighted by Crippen LogP contribution is -2.21. The van der Waals surface area contributed by atoms with Crippen molar-refractivity contribution in [3.8, 4) is 0 Å². The highest BCUT2D eigenvalue weighted by Crippen LogP contribution is 2.05. The summed E-state index contributed by atoms with van der Waals surface area (Å²) in [5.74, 6) is -0.547. The topological polar surface area (TPSA) is 9.23 Å². The first-order chi connectivity index (χ1) is 3.39. The van der Waals surface area contributed by atoms with E-state index in [-0.39, 0.29) is 0 Å². The zero-order valence-corrected chi connectivity index (χ0v) is 5.61. The average Bonchev–Trinajstić information content (AvgIpc) is 1.69. The van der Waals surface area contributed by atoms with E-state index in [4.69, 9.17) is 4.43 Å². The third kappa shape index (κ3) is 1.57.